The lowest BCUT2D eigenvalue weighted by atomic mass is 10.1. The summed E-state index contributed by atoms with van der Waals surface area (Å²) in [6, 6.07) is 12.3. The summed E-state index contributed by atoms with van der Waals surface area (Å²) in [6.07, 6.45) is 0.976. The predicted molar refractivity (Wildman–Crippen MR) is 147 cm³/mol. The Morgan fingerprint density at radius 2 is 1.76 bits per heavy atom. The molecule has 0 spiro atoms. The number of fused-ring (bicyclic) bond motifs is 1. The van der Waals surface area contributed by atoms with Crippen LogP contribution in [-0.4, -0.2) is 47.8 Å². The van der Waals surface area contributed by atoms with E-state index >= 15 is 0 Å². The van der Waals surface area contributed by atoms with Crippen LogP contribution in [0.5, 0.6) is 17.2 Å². The van der Waals surface area contributed by atoms with Crippen LogP contribution in [0.25, 0.3) is 16.6 Å². The number of benzene rings is 2. The van der Waals surface area contributed by atoms with Crippen LogP contribution in [-0.2, 0) is 11.3 Å². The summed E-state index contributed by atoms with van der Waals surface area (Å²) in [7, 11) is 4.67. The molecule has 0 atom stereocenters. The van der Waals surface area contributed by atoms with Crippen molar-refractivity contribution >= 4 is 40.1 Å². The summed E-state index contributed by atoms with van der Waals surface area (Å²) >= 11 is 6.28. The van der Waals surface area contributed by atoms with Crippen molar-refractivity contribution in [2.24, 2.45) is 0 Å². The van der Waals surface area contributed by atoms with Crippen molar-refractivity contribution < 1.29 is 23.7 Å². The lowest BCUT2D eigenvalue weighted by Crippen LogP contribution is -2.37. The van der Waals surface area contributed by atoms with E-state index in [0.717, 1.165) is 0 Å². The third-order valence-electron chi connectivity index (χ3n) is 5.64. The van der Waals surface area contributed by atoms with E-state index in [1.165, 1.54) is 4.90 Å². The molecule has 0 fully saturated rings. The fourth-order valence-corrected chi connectivity index (χ4v) is 4.07. The maximum atomic E-state index is 13.6. The highest BCUT2D eigenvalue weighted by atomic mass is 35.5. The maximum Gasteiger partial charge on any atom is 0.416 e. The van der Waals surface area contributed by atoms with Crippen LogP contribution in [0.3, 0.4) is 0 Å². The lowest BCUT2D eigenvalue weighted by Gasteiger charge is -2.27. The van der Waals surface area contributed by atoms with Crippen LogP contribution >= 0.6 is 11.6 Å². The minimum atomic E-state index is -0.751. The zero-order chi connectivity index (χ0) is 27.6. The first-order valence-corrected chi connectivity index (χ1v) is 12.1. The van der Waals surface area contributed by atoms with Gasteiger partial charge in [0.15, 0.2) is 5.82 Å². The highest BCUT2D eigenvalue weighted by molar-refractivity contribution is 6.30. The van der Waals surface area contributed by atoms with Crippen LogP contribution in [0.4, 0.5) is 16.3 Å². The van der Waals surface area contributed by atoms with Crippen LogP contribution in [0.15, 0.2) is 48.7 Å². The molecular weight excluding hydrogens is 510 g/mol. The Balaban J connectivity index is 1.93. The summed E-state index contributed by atoms with van der Waals surface area (Å²) in [5, 5.41) is 5.67. The van der Waals surface area contributed by atoms with Gasteiger partial charge in [-0.25, -0.2) is 14.5 Å². The molecule has 0 unspecified atom stereocenters. The van der Waals surface area contributed by atoms with Crippen molar-refractivity contribution in [3.63, 3.8) is 0 Å². The number of halogens is 1. The summed E-state index contributed by atoms with van der Waals surface area (Å²) in [4.78, 5) is 19.3. The van der Waals surface area contributed by atoms with E-state index in [2.05, 4.69) is 4.98 Å². The van der Waals surface area contributed by atoms with Gasteiger partial charge in [-0.05, 0) is 45.0 Å². The van der Waals surface area contributed by atoms with Crippen LogP contribution in [0, 0.1) is 0 Å². The van der Waals surface area contributed by atoms with E-state index in [1.54, 1.807) is 89.4 Å². The number of aromatic nitrogens is 3. The van der Waals surface area contributed by atoms with Crippen molar-refractivity contribution in [3.8, 4) is 22.9 Å². The molecule has 0 radical (unpaired) electrons. The molecule has 0 bridgehead atoms. The Hall–Kier alpha value is -4.18. The van der Waals surface area contributed by atoms with E-state index in [9.17, 15) is 4.79 Å². The molecule has 11 heteroatoms. The predicted octanol–water partition coefficient (Wildman–Crippen LogP) is 5.62. The van der Waals surface area contributed by atoms with Crippen molar-refractivity contribution in [2.75, 3.05) is 32.0 Å². The Labute approximate surface area is 225 Å². The zero-order valence-electron chi connectivity index (χ0n) is 22.1. The average molecular weight is 540 g/mol. The second kappa shape index (κ2) is 10.7. The quantitative estimate of drug-likeness (QED) is 0.237. The number of ether oxygens (including phenoxy) is 4. The van der Waals surface area contributed by atoms with E-state index < -0.39 is 11.7 Å². The number of hydrogen-bond donors (Lipinski definition) is 1. The molecule has 200 valence electrons. The van der Waals surface area contributed by atoms with Crippen molar-refractivity contribution in [1.29, 1.82) is 0 Å². The second-order valence-electron chi connectivity index (χ2n) is 9.44. The number of hydrogen-bond acceptors (Lipinski definition) is 8. The molecule has 4 rings (SSSR count). The summed E-state index contributed by atoms with van der Waals surface area (Å²) in [5.41, 5.74) is 7.68. The second-order valence-corrected chi connectivity index (χ2v) is 9.82. The molecular formula is C27H30ClN5O5. The molecule has 0 saturated carbocycles. The molecule has 2 aromatic carbocycles. The fraction of sp³-hybridized carbons (Fsp3) is 0.296. The topological polar surface area (TPSA) is 114 Å². The number of rotatable bonds is 7. The molecule has 4 aromatic rings. The number of carbonyl (C=O) groups excluding carboxylic acids is 1. The molecule has 2 aromatic heterocycles. The van der Waals surface area contributed by atoms with Crippen molar-refractivity contribution in [2.45, 2.75) is 32.9 Å². The first-order valence-electron chi connectivity index (χ1n) is 11.7. The Kier molecular flexibility index (Phi) is 7.54. The van der Waals surface area contributed by atoms with E-state index in [1.807, 2.05) is 6.07 Å². The van der Waals surface area contributed by atoms with Gasteiger partial charge < -0.3 is 24.7 Å². The molecule has 0 saturated heterocycles. The number of anilines is 2. The average Bonchev–Trinajstić information content (AvgIpc) is 3.23. The Morgan fingerprint density at radius 3 is 2.42 bits per heavy atom. The van der Waals surface area contributed by atoms with Gasteiger partial charge in [-0.1, -0.05) is 11.6 Å². The smallest absolute Gasteiger partial charge is 0.416 e. The number of amides is 1. The van der Waals surface area contributed by atoms with Crippen molar-refractivity contribution in [3.05, 3.63) is 59.4 Å². The highest BCUT2D eigenvalue weighted by Gasteiger charge is 2.29. The first kappa shape index (κ1) is 26.9. The molecule has 0 aliphatic rings. The Morgan fingerprint density at radius 1 is 1.03 bits per heavy atom. The van der Waals surface area contributed by atoms with Gasteiger partial charge in [0.05, 0.1) is 38.8 Å². The number of methoxy groups -OCH3 is 3. The van der Waals surface area contributed by atoms with E-state index in [4.69, 9.17) is 41.4 Å². The first-order chi connectivity index (χ1) is 18.0. The largest absolute Gasteiger partial charge is 0.497 e. The fourth-order valence-electron chi connectivity index (χ4n) is 3.92. The van der Waals surface area contributed by atoms with Gasteiger partial charge in [-0.15, -0.1) is 5.10 Å². The molecule has 0 aliphatic carbocycles. The van der Waals surface area contributed by atoms with Gasteiger partial charge in [-0.2, -0.15) is 0 Å². The highest BCUT2D eigenvalue weighted by Crippen LogP contribution is 2.36. The molecule has 10 nitrogen and oxygen atoms in total. The van der Waals surface area contributed by atoms with Crippen LogP contribution in [0.2, 0.25) is 5.15 Å². The number of pyridine rings is 1. The minimum Gasteiger partial charge on any atom is -0.497 e. The van der Waals surface area contributed by atoms with Gasteiger partial charge >= 0.3 is 6.09 Å². The maximum absolute atomic E-state index is 13.6. The third kappa shape index (κ3) is 5.55. The number of carbonyl (C=O) groups is 1. The van der Waals surface area contributed by atoms with Crippen molar-refractivity contribution in [1.82, 2.24) is 14.8 Å². The summed E-state index contributed by atoms with van der Waals surface area (Å²) in [6.45, 7) is 5.49. The Bertz CT molecular complexity index is 1480. The zero-order valence-corrected chi connectivity index (χ0v) is 22.9. The van der Waals surface area contributed by atoms with E-state index in [-0.39, 0.29) is 11.7 Å². The van der Waals surface area contributed by atoms with Gasteiger partial charge in [0.2, 0.25) is 0 Å². The molecule has 2 heterocycles. The minimum absolute atomic E-state index is 0.0929. The van der Waals surface area contributed by atoms with Crippen LogP contribution < -0.4 is 24.8 Å². The van der Waals surface area contributed by atoms with Gasteiger partial charge in [0.1, 0.15) is 33.7 Å². The molecule has 1 amide bonds. The van der Waals surface area contributed by atoms with Gasteiger partial charge in [0.25, 0.3) is 0 Å². The lowest BCUT2D eigenvalue weighted by molar-refractivity contribution is 0.0576. The van der Waals surface area contributed by atoms with Crippen LogP contribution in [0.1, 0.15) is 26.3 Å². The summed E-state index contributed by atoms with van der Waals surface area (Å²) in [5.74, 6) is 1.98. The van der Waals surface area contributed by atoms with Gasteiger partial charge in [-0.3, -0.25) is 4.90 Å². The summed E-state index contributed by atoms with van der Waals surface area (Å²) < 4.78 is 23.9. The van der Waals surface area contributed by atoms with Gasteiger partial charge in [0, 0.05) is 35.6 Å². The normalized spacial score (nSPS) is 11.3. The van der Waals surface area contributed by atoms with E-state index in [0.29, 0.717) is 50.9 Å². The monoisotopic (exact) mass is 539 g/mol. The molecule has 38 heavy (non-hydrogen) atoms. The number of nitrogens with zero attached hydrogens (tertiary/aromatic N) is 4. The SMILES string of the molecule is COc1ccc(CN(C(=O)OC(C)(C)C)c2nn(-c3ccc(N)cc3OC)c3cc(Cl)ncc23)c(OC)c1. The molecule has 0 aliphatic heterocycles. The third-order valence-corrected chi connectivity index (χ3v) is 5.84. The number of nitrogen functional groups attached to an aromatic ring is 1. The standard InChI is InChI=1S/C27H30ClN5O5/c1-27(2,3)38-26(34)32(15-16-7-9-18(35-4)12-22(16)36-5)25-19-14-30-24(28)13-21(19)33(31-25)20-10-8-17(29)11-23(20)37-6/h7-14H,15,29H2,1-6H3. The molecule has 2 N–H and O–H groups in total. The number of nitrogens with two attached hydrogens (primary N) is 1.